The molecular formula is C4H9NP-. The van der Waals surface area contributed by atoms with E-state index in [-0.39, 0.29) is 0 Å². The van der Waals surface area contributed by atoms with Gasteiger partial charge in [0.25, 0.3) is 0 Å². The Kier molecular flexibility index (Phi) is 1.44. The van der Waals surface area contributed by atoms with Crippen molar-refractivity contribution < 1.29 is 0 Å². The van der Waals surface area contributed by atoms with Crippen LogP contribution in [-0.2, 0) is 0 Å². The highest BCUT2D eigenvalue weighted by Gasteiger charge is 1.92. The molecule has 0 aromatic heterocycles. The molecule has 0 radical (unpaired) electrons. The number of hydrogen-bond donors (Lipinski definition) is 1. The van der Waals surface area contributed by atoms with E-state index in [2.05, 4.69) is 14.6 Å². The van der Waals surface area contributed by atoms with Crippen LogP contribution in [0.3, 0.4) is 0 Å². The van der Waals surface area contributed by atoms with Crippen LogP contribution in [0.1, 0.15) is 6.42 Å². The minimum Gasteiger partial charge on any atom is -0.348 e. The fourth-order valence-corrected chi connectivity index (χ4v) is 0.875. The molecule has 0 spiro atoms. The van der Waals surface area contributed by atoms with Crippen molar-refractivity contribution in [3.63, 3.8) is 0 Å². The van der Waals surface area contributed by atoms with Gasteiger partial charge in [-0.1, -0.05) is 0 Å². The van der Waals surface area contributed by atoms with Crippen molar-refractivity contribution in [2.75, 3.05) is 13.1 Å². The van der Waals surface area contributed by atoms with Gasteiger partial charge in [0.1, 0.15) is 0 Å². The first-order valence-corrected chi connectivity index (χ1v) is 2.78. The van der Waals surface area contributed by atoms with Gasteiger partial charge in [0.15, 0.2) is 0 Å². The van der Waals surface area contributed by atoms with Crippen LogP contribution in [-0.4, -0.2) is 13.1 Å². The van der Waals surface area contributed by atoms with Crippen molar-refractivity contribution in [2.45, 2.75) is 6.42 Å². The van der Waals surface area contributed by atoms with Gasteiger partial charge in [0.2, 0.25) is 0 Å². The summed E-state index contributed by atoms with van der Waals surface area (Å²) in [6.07, 6.45) is 1.25. The van der Waals surface area contributed by atoms with Crippen molar-refractivity contribution in [2.24, 2.45) is 0 Å². The Balaban J connectivity index is 2.18. The molecule has 0 aromatic rings. The summed E-state index contributed by atoms with van der Waals surface area (Å²) >= 11 is 0. The zero-order chi connectivity index (χ0) is 4.41. The second-order valence-corrected chi connectivity index (χ2v) is 2.40. The molecule has 1 fully saturated rings. The number of hydrogen-bond acceptors (Lipinski definition) is 1. The minimum atomic E-state index is 1.12. The molecule has 1 nitrogen and oxygen atoms in total. The summed E-state index contributed by atoms with van der Waals surface area (Å²) in [5.74, 6) is 0. The first kappa shape index (κ1) is 4.55. The van der Waals surface area contributed by atoms with Crippen molar-refractivity contribution in [3.8, 4) is 0 Å². The Morgan fingerprint density at radius 2 is 2.50 bits per heavy atom. The Labute approximate surface area is 40.7 Å². The maximum atomic E-state index is 3.21. The summed E-state index contributed by atoms with van der Waals surface area (Å²) in [4.78, 5) is 0. The molecule has 0 aliphatic carbocycles. The SMILES string of the molecule is P[C-]1CCNC1. The quantitative estimate of drug-likeness (QED) is 0.344. The molecule has 1 aliphatic rings. The molecule has 1 heterocycles. The van der Waals surface area contributed by atoms with Crippen LogP contribution in [0.5, 0.6) is 0 Å². The molecule has 1 unspecified atom stereocenters. The summed E-state index contributed by atoms with van der Waals surface area (Å²) < 4.78 is 0. The molecule has 1 aliphatic heterocycles. The van der Waals surface area contributed by atoms with E-state index in [1.165, 1.54) is 18.6 Å². The Hall–Kier alpha value is 0.390. The van der Waals surface area contributed by atoms with E-state index in [9.17, 15) is 0 Å². The van der Waals surface area contributed by atoms with Gasteiger partial charge in [-0.3, -0.25) is 14.9 Å². The minimum absolute atomic E-state index is 1.12. The highest BCUT2D eigenvalue weighted by Crippen LogP contribution is 2.16. The number of rotatable bonds is 0. The van der Waals surface area contributed by atoms with Crippen LogP contribution in [0.25, 0.3) is 0 Å². The summed E-state index contributed by atoms with van der Waals surface area (Å²) in [7, 11) is 2.73. The first-order valence-electron chi connectivity index (χ1n) is 2.20. The smallest absolute Gasteiger partial charge is 0.0343 e. The van der Waals surface area contributed by atoms with E-state index in [1.807, 2.05) is 0 Å². The van der Waals surface area contributed by atoms with Gasteiger partial charge >= 0.3 is 0 Å². The molecule has 0 amide bonds. The lowest BCUT2D eigenvalue weighted by Gasteiger charge is -2.09. The fourth-order valence-electron chi connectivity index (χ4n) is 0.586. The Morgan fingerprint density at radius 1 is 1.67 bits per heavy atom. The van der Waals surface area contributed by atoms with Crippen LogP contribution in [0.4, 0.5) is 0 Å². The molecule has 1 N–H and O–H groups in total. The van der Waals surface area contributed by atoms with Gasteiger partial charge in [-0.15, -0.1) is 6.54 Å². The summed E-state index contributed by atoms with van der Waals surface area (Å²) in [5.41, 5.74) is 1.51. The zero-order valence-electron chi connectivity index (χ0n) is 3.70. The van der Waals surface area contributed by atoms with Crippen LogP contribution in [0, 0.1) is 5.66 Å². The zero-order valence-corrected chi connectivity index (χ0v) is 4.85. The van der Waals surface area contributed by atoms with Gasteiger partial charge in [0, 0.05) is 0 Å². The third-order valence-corrected chi connectivity index (χ3v) is 1.47. The monoisotopic (exact) mass is 102 g/mol. The van der Waals surface area contributed by atoms with Gasteiger partial charge < -0.3 is 5.32 Å². The highest BCUT2D eigenvalue weighted by atomic mass is 31.0. The van der Waals surface area contributed by atoms with E-state index in [1.54, 1.807) is 0 Å². The normalized spacial score (nSPS) is 25.5. The molecule has 2 heteroatoms. The lowest BCUT2D eigenvalue weighted by Crippen LogP contribution is -2.05. The Morgan fingerprint density at radius 3 is 2.67 bits per heavy atom. The van der Waals surface area contributed by atoms with E-state index in [0.29, 0.717) is 0 Å². The van der Waals surface area contributed by atoms with E-state index < -0.39 is 0 Å². The molecule has 0 aromatic carbocycles. The molecule has 0 saturated carbocycles. The molecule has 1 rings (SSSR count). The van der Waals surface area contributed by atoms with Crippen molar-refractivity contribution in [1.82, 2.24) is 5.32 Å². The largest absolute Gasteiger partial charge is 0.348 e. The molecule has 1 atom stereocenters. The summed E-state index contributed by atoms with van der Waals surface area (Å²) in [6.45, 7) is 2.30. The average molecular weight is 102 g/mol. The lowest BCUT2D eigenvalue weighted by atomic mass is 10.4. The topological polar surface area (TPSA) is 12.0 Å². The van der Waals surface area contributed by atoms with E-state index >= 15 is 0 Å². The van der Waals surface area contributed by atoms with Crippen LogP contribution in [0.2, 0.25) is 0 Å². The predicted molar refractivity (Wildman–Crippen MR) is 30.4 cm³/mol. The molecule has 1 saturated heterocycles. The maximum Gasteiger partial charge on any atom is -0.0343 e. The molecule has 6 heavy (non-hydrogen) atoms. The fraction of sp³-hybridized carbons (Fsp3) is 0.750. The lowest BCUT2D eigenvalue weighted by molar-refractivity contribution is 0.862. The van der Waals surface area contributed by atoms with E-state index in [4.69, 9.17) is 0 Å². The first-order chi connectivity index (χ1) is 2.89. The van der Waals surface area contributed by atoms with Gasteiger partial charge in [-0.25, -0.2) is 0 Å². The van der Waals surface area contributed by atoms with E-state index in [0.717, 1.165) is 6.54 Å². The van der Waals surface area contributed by atoms with Gasteiger partial charge in [-0.05, 0) is 6.54 Å². The second-order valence-electron chi connectivity index (χ2n) is 1.59. The maximum absolute atomic E-state index is 3.21. The van der Waals surface area contributed by atoms with Crippen molar-refractivity contribution in [3.05, 3.63) is 5.66 Å². The highest BCUT2D eigenvalue weighted by molar-refractivity contribution is 7.21. The van der Waals surface area contributed by atoms with Crippen LogP contribution < -0.4 is 5.32 Å². The molecule has 36 valence electrons. The summed E-state index contributed by atoms with van der Waals surface area (Å²) in [5, 5.41) is 3.21. The van der Waals surface area contributed by atoms with Crippen molar-refractivity contribution >= 4 is 9.24 Å². The van der Waals surface area contributed by atoms with Gasteiger partial charge in [0.05, 0.1) is 0 Å². The van der Waals surface area contributed by atoms with Crippen LogP contribution in [0.15, 0.2) is 0 Å². The molecular weight excluding hydrogens is 93.0 g/mol. The summed E-state index contributed by atoms with van der Waals surface area (Å²) in [6, 6.07) is 0. The Bertz CT molecular complexity index is 40.8. The average Bonchev–Trinajstić information content (AvgIpc) is 1.86. The third-order valence-electron chi connectivity index (χ3n) is 0.975. The van der Waals surface area contributed by atoms with Crippen LogP contribution >= 0.6 is 9.24 Å². The van der Waals surface area contributed by atoms with Crippen molar-refractivity contribution in [1.29, 1.82) is 0 Å². The third kappa shape index (κ3) is 0.924. The molecule has 0 bridgehead atoms. The second kappa shape index (κ2) is 1.90. The van der Waals surface area contributed by atoms with Gasteiger partial charge in [-0.2, -0.15) is 6.42 Å². The standard InChI is InChI=1S/C4H9NP/c6-4-1-2-5-3-4/h5H,1-3,6H2/q-1. The predicted octanol–water partition coefficient (Wildman–Crippen LogP) is 0.387. The number of nitrogens with one attached hydrogen (secondary N) is 1.